The molecule has 1 aromatic rings. The van der Waals surface area contributed by atoms with Gasteiger partial charge in [-0.15, -0.1) is 0 Å². The maximum Gasteiger partial charge on any atom is -0.0395 e. The summed E-state index contributed by atoms with van der Waals surface area (Å²) in [5.41, 5.74) is 2.74. The molecule has 0 heterocycles. The zero-order valence-electron chi connectivity index (χ0n) is 8.84. The minimum Gasteiger partial charge on any atom is -0.0620 e. The first-order chi connectivity index (χ1) is 6.30. The summed E-state index contributed by atoms with van der Waals surface area (Å²) in [7, 11) is 0. The fraction of sp³-hybridized carbons (Fsp3) is 0.538. The Morgan fingerprint density at radius 1 is 0.692 bits per heavy atom. The van der Waals surface area contributed by atoms with Crippen LogP contribution in [0.2, 0.25) is 0 Å². The molecular formula is C13H20. The highest BCUT2D eigenvalue weighted by atomic mass is 14.0. The van der Waals surface area contributed by atoms with Gasteiger partial charge in [-0.2, -0.15) is 0 Å². The summed E-state index contributed by atoms with van der Waals surface area (Å²) in [5.74, 6) is 0. The molecule has 1 aliphatic carbocycles. The van der Waals surface area contributed by atoms with E-state index in [1.807, 2.05) is 0 Å². The molecular weight excluding hydrogens is 156 g/mol. The average Bonchev–Trinajstić information content (AvgIpc) is 2.68. The van der Waals surface area contributed by atoms with Crippen molar-refractivity contribution in [3.05, 3.63) is 35.4 Å². The minimum atomic E-state index is 1.37. The Kier molecular flexibility index (Phi) is 4.59. The van der Waals surface area contributed by atoms with Crippen LogP contribution in [0.1, 0.15) is 43.2 Å². The summed E-state index contributed by atoms with van der Waals surface area (Å²) >= 11 is 0. The number of benzene rings is 1. The van der Waals surface area contributed by atoms with Gasteiger partial charge < -0.3 is 0 Å². The van der Waals surface area contributed by atoms with Crippen LogP contribution in [0.5, 0.6) is 0 Å². The van der Waals surface area contributed by atoms with E-state index in [0.717, 1.165) is 0 Å². The molecule has 0 atom stereocenters. The molecule has 1 aromatic carbocycles. The molecule has 0 unspecified atom stereocenters. The van der Waals surface area contributed by atoms with Crippen LogP contribution >= 0.6 is 0 Å². The van der Waals surface area contributed by atoms with Crippen LogP contribution in [0.25, 0.3) is 0 Å². The van der Waals surface area contributed by atoms with Gasteiger partial charge in [-0.1, -0.05) is 56.4 Å². The lowest BCUT2D eigenvalue weighted by molar-refractivity contribution is 0.886. The van der Waals surface area contributed by atoms with Gasteiger partial charge in [-0.05, 0) is 25.0 Å². The van der Waals surface area contributed by atoms with Gasteiger partial charge in [0, 0.05) is 0 Å². The van der Waals surface area contributed by atoms with Gasteiger partial charge in [-0.25, -0.2) is 0 Å². The summed E-state index contributed by atoms with van der Waals surface area (Å²) in [6.45, 7) is 4.24. The first-order valence-corrected chi connectivity index (χ1v) is 5.33. The van der Waals surface area contributed by atoms with E-state index < -0.39 is 0 Å². The first kappa shape index (κ1) is 10.3. The van der Waals surface area contributed by atoms with Crippen molar-refractivity contribution in [2.75, 3.05) is 0 Å². The molecule has 1 fully saturated rings. The fourth-order valence-electron chi connectivity index (χ4n) is 1.55. The van der Waals surface area contributed by atoms with Crippen LogP contribution in [-0.2, 0) is 0 Å². The molecule has 0 bridgehead atoms. The quantitative estimate of drug-likeness (QED) is 0.554. The molecule has 1 saturated carbocycles. The molecule has 0 nitrogen and oxygen atoms in total. The molecule has 0 radical (unpaired) electrons. The smallest absolute Gasteiger partial charge is 0.0395 e. The molecule has 0 heteroatoms. The maximum atomic E-state index is 2.12. The number of hydrogen-bond donors (Lipinski definition) is 0. The molecule has 13 heavy (non-hydrogen) atoms. The van der Waals surface area contributed by atoms with Crippen LogP contribution in [0.3, 0.4) is 0 Å². The number of aryl methyl sites for hydroxylation is 2. The van der Waals surface area contributed by atoms with Crippen molar-refractivity contribution < 1.29 is 0 Å². The van der Waals surface area contributed by atoms with Crippen LogP contribution in [-0.4, -0.2) is 0 Å². The Bertz CT molecular complexity index is 205. The highest BCUT2D eigenvalue weighted by molar-refractivity contribution is 5.23. The van der Waals surface area contributed by atoms with Crippen LogP contribution in [0.15, 0.2) is 24.3 Å². The maximum absolute atomic E-state index is 2.12. The third-order valence-corrected chi connectivity index (χ3v) is 2.68. The lowest BCUT2D eigenvalue weighted by Gasteiger charge is -1.93. The Morgan fingerprint density at radius 3 is 1.23 bits per heavy atom. The summed E-state index contributed by atoms with van der Waals surface area (Å²) in [5, 5.41) is 0. The topological polar surface area (TPSA) is 0 Å². The Labute approximate surface area is 82.0 Å². The summed E-state index contributed by atoms with van der Waals surface area (Å²) < 4.78 is 0. The highest BCUT2D eigenvalue weighted by Gasteiger charge is 1.95. The van der Waals surface area contributed by atoms with Crippen molar-refractivity contribution in [1.29, 1.82) is 0 Å². The molecule has 0 aromatic heterocycles. The SMILES string of the molecule is C1CCCC1.Cc1ccccc1C. The second kappa shape index (κ2) is 5.80. The largest absolute Gasteiger partial charge is 0.0620 e. The van der Waals surface area contributed by atoms with Crippen LogP contribution in [0, 0.1) is 13.8 Å². The molecule has 0 saturated heterocycles. The van der Waals surface area contributed by atoms with Crippen molar-refractivity contribution >= 4 is 0 Å². The van der Waals surface area contributed by atoms with Gasteiger partial charge in [0.05, 0.1) is 0 Å². The lowest BCUT2D eigenvalue weighted by atomic mass is 10.1. The van der Waals surface area contributed by atoms with Crippen molar-refractivity contribution in [2.45, 2.75) is 46.0 Å². The normalized spacial score (nSPS) is 14.9. The summed E-state index contributed by atoms with van der Waals surface area (Å²) in [6.07, 6.45) is 7.50. The summed E-state index contributed by atoms with van der Waals surface area (Å²) in [6, 6.07) is 8.36. The molecule has 1 aliphatic rings. The molecule has 72 valence electrons. The molecule has 0 aliphatic heterocycles. The van der Waals surface area contributed by atoms with E-state index in [9.17, 15) is 0 Å². The summed E-state index contributed by atoms with van der Waals surface area (Å²) in [4.78, 5) is 0. The highest BCUT2D eigenvalue weighted by Crippen LogP contribution is 2.15. The fourth-order valence-corrected chi connectivity index (χ4v) is 1.55. The van der Waals surface area contributed by atoms with E-state index in [-0.39, 0.29) is 0 Å². The van der Waals surface area contributed by atoms with E-state index in [4.69, 9.17) is 0 Å². The van der Waals surface area contributed by atoms with Gasteiger partial charge in [0.2, 0.25) is 0 Å². The molecule has 2 rings (SSSR count). The van der Waals surface area contributed by atoms with E-state index in [0.29, 0.717) is 0 Å². The van der Waals surface area contributed by atoms with Gasteiger partial charge >= 0.3 is 0 Å². The standard InChI is InChI=1S/C8H10.C5H10/c1-7-5-3-4-6-8(7)2;1-2-4-5-3-1/h3-6H,1-2H3;1-5H2. The predicted molar refractivity (Wildman–Crippen MR) is 59.0 cm³/mol. The Balaban J connectivity index is 0.000000145. The monoisotopic (exact) mass is 176 g/mol. The first-order valence-electron chi connectivity index (χ1n) is 5.33. The van der Waals surface area contributed by atoms with E-state index in [2.05, 4.69) is 38.1 Å². The third-order valence-electron chi connectivity index (χ3n) is 2.68. The number of rotatable bonds is 0. The van der Waals surface area contributed by atoms with Gasteiger partial charge in [0.25, 0.3) is 0 Å². The van der Waals surface area contributed by atoms with Gasteiger partial charge in [0.1, 0.15) is 0 Å². The van der Waals surface area contributed by atoms with Crippen molar-refractivity contribution in [3.8, 4) is 0 Å². The van der Waals surface area contributed by atoms with Gasteiger partial charge in [0.15, 0.2) is 0 Å². The van der Waals surface area contributed by atoms with Crippen molar-refractivity contribution in [3.63, 3.8) is 0 Å². The second-order valence-corrected chi connectivity index (χ2v) is 3.85. The Morgan fingerprint density at radius 2 is 1.00 bits per heavy atom. The van der Waals surface area contributed by atoms with E-state index in [1.165, 1.54) is 43.2 Å². The molecule has 0 spiro atoms. The molecule has 0 amide bonds. The van der Waals surface area contributed by atoms with E-state index in [1.54, 1.807) is 0 Å². The predicted octanol–water partition coefficient (Wildman–Crippen LogP) is 4.25. The average molecular weight is 176 g/mol. The van der Waals surface area contributed by atoms with Crippen molar-refractivity contribution in [2.24, 2.45) is 0 Å². The minimum absolute atomic E-state index is 1.37. The van der Waals surface area contributed by atoms with Crippen LogP contribution < -0.4 is 0 Å². The van der Waals surface area contributed by atoms with Crippen LogP contribution in [0.4, 0.5) is 0 Å². The Hall–Kier alpha value is -0.780. The molecule has 0 N–H and O–H groups in total. The zero-order chi connectivity index (χ0) is 9.52. The van der Waals surface area contributed by atoms with Gasteiger partial charge in [-0.3, -0.25) is 0 Å². The van der Waals surface area contributed by atoms with Crippen molar-refractivity contribution in [1.82, 2.24) is 0 Å². The lowest BCUT2D eigenvalue weighted by Crippen LogP contribution is -1.74. The number of hydrogen-bond acceptors (Lipinski definition) is 0. The third kappa shape index (κ3) is 4.12. The zero-order valence-corrected chi connectivity index (χ0v) is 8.84. The second-order valence-electron chi connectivity index (χ2n) is 3.85. The van der Waals surface area contributed by atoms with E-state index >= 15 is 0 Å².